The maximum absolute atomic E-state index is 13.9. The molecule has 5 nitrogen and oxygen atoms in total. The normalized spacial score (nSPS) is 10.9. The van der Waals surface area contributed by atoms with E-state index in [0.717, 1.165) is 5.56 Å². The van der Waals surface area contributed by atoms with Gasteiger partial charge in [-0.05, 0) is 23.8 Å². The van der Waals surface area contributed by atoms with Crippen molar-refractivity contribution < 1.29 is 23.7 Å². The van der Waals surface area contributed by atoms with Crippen LogP contribution in [0.15, 0.2) is 30.3 Å². The topological polar surface area (TPSA) is 60.0 Å². The molecule has 8 heteroatoms. The molecule has 0 saturated carbocycles. The van der Waals surface area contributed by atoms with Crippen molar-refractivity contribution in [2.75, 3.05) is 33.5 Å². The Morgan fingerprint density at radius 1 is 1.11 bits per heavy atom. The molecule has 0 spiro atoms. The predicted molar refractivity (Wildman–Crippen MR) is 103 cm³/mol. The minimum absolute atomic E-state index is 0.00256. The van der Waals surface area contributed by atoms with E-state index >= 15 is 0 Å². The number of rotatable bonds is 11. The number of methoxy groups -OCH3 is 1. The third-order valence-electron chi connectivity index (χ3n) is 3.74. The van der Waals surface area contributed by atoms with Crippen molar-refractivity contribution in [3.05, 3.63) is 57.3 Å². The number of hydrogen-bond acceptors (Lipinski definition) is 5. The number of halogens is 3. The molecule has 0 heterocycles. The van der Waals surface area contributed by atoms with Gasteiger partial charge in [-0.2, -0.15) is 0 Å². The molecule has 27 heavy (non-hydrogen) atoms. The van der Waals surface area contributed by atoms with Gasteiger partial charge < -0.3 is 24.6 Å². The van der Waals surface area contributed by atoms with Gasteiger partial charge in [0.2, 0.25) is 0 Å². The average molecular weight is 418 g/mol. The molecule has 0 aliphatic rings. The molecule has 0 saturated heterocycles. The molecule has 2 N–H and O–H groups in total. The fraction of sp³-hybridized carbons (Fsp3) is 0.368. The fourth-order valence-electron chi connectivity index (χ4n) is 2.34. The maximum Gasteiger partial charge on any atom is 0.163 e. The quantitative estimate of drug-likeness (QED) is 0.544. The minimum Gasteiger partial charge on any atom is -0.493 e. The summed E-state index contributed by atoms with van der Waals surface area (Å²) in [6, 6.07) is 7.87. The molecule has 0 unspecified atom stereocenters. The standard InChI is InChI=1S/C19H22Cl2FNO4/c1-25-18-9-13(11-23-5-7-26-8-6-24)16(21)10-19(18)27-12-14-15(20)3-2-4-17(14)22/h2-4,9-10,23-24H,5-8,11-12H2,1H3. The summed E-state index contributed by atoms with van der Waals surface area (Å²) in [6.45, 7) is 1.88. The lowest BCUT2D eigenvalue weighted by molar-refractivity contribution is 0.0938. The van der Waals surface area contributed by atoms with E-state index in [-0.39, 0.29) is 18.8 Å². The van der Waals surface area contributed by atoms with Gasteiger partial charge in [0.05, 0.1) is 32.0 Å². The van der Waals surface area contributed by atoms with Crippen molar-refractivity contribution in [3.63, 3.8) is 0 Å². The van der Waals surface area contributed by atoms with Gasteiger partial charge in [-0.25, -0.2) is 4.39 Å². The van der Waals surface area contributed by atoms with Gasteiger partial charge in [0, 0.05) is 29.7 Å². The highest BCUT2D eigenvalue weighted by Crippen LogP contribution is 2.34. The molecular formula is C19H22Cl2FNO4. The van der Waals surface area contributed by atoms with Crippen LogP contribution in [0.25, 0.3) is 0 Å². The average Bonchev–Trinajstić information content (AvgIpc) is 2.65. The van der Waals surface area contributed by atoms with Crippen LogP contribution < -0.4 is 14.8 Å². The van der Waals surface area contributed by atoms with E-state index in [2.05, 4.69) is 5.32 Å². The molecule has 0 aromatic heterocycles. The first-order valence-electron chi connectivity index (χ1n) is 8.38. The summed E-state index contributed by atoms with van der Waals surface area (Å²) in [5.41, 5.74) is 1.10. The Balaban J connectivity index is 2.00. The number of aliphatic hydroxyl groups is 1. The van der Waals surface area contributed by atoms with E-state index in [4.69, 9.17) is 42.5 Å². The Bertz CT molecular complexity index is 726. The largest absolute Gasteiger partial charge is 0.493 e. The highest BCUT2D eigenvalue weighted by Gasteiger charge is 2.13. The summed E-state index contributed by atoms with van der Waals surface area (Å²) in [7, 11) is 1.52. The number of nitrogens with one attached hydrogen (secondary N) is 1. The van der Waals surface area contributed by atoms with Gasteiger partial charge >= 0.3 is 0 Å². The van der Waals surface area contributed by atoms with E-state index in [9.17, 15) is 4.39 Å². The second kappa shape index (κ2) is 11.3. The second-order valence-corrected chi connectivity index (χ2v) is 6.41. The van der Waals surface area contributed by atoms with Gasteiger partial charge in [0.15, 0.2) is 11.5 Å². The molecule has 0 aliphatic carbocycles. The molecule has 0 radical (unpaired) electrons. The highest BCUT2D eigenvalue weighted by atomic mass is 35.5. The third-order valence-corrected chi connectivity index (χ3v) is 4.45. The van der Waals surface area contributed by atoms with Crippen molar-refractivity contribution in [3.8, 4) is 11.5 Å². The Kier molecular flexibility index (Phi) is 9.10. The fourth-order valence-corrected chi connectivity index (χ4v) is 2.78. The number of aliphatic hydroxyl groups excluding tert-OH is 1. The Morgan fingerprint density at radius 2 is 1.93 bits per heavy atom. The zero-order chi connectivity index (χ0) is 19.6. The van der Waals surface area contributed by atoms with Crippen LogP contribution in [-0.2, 0) is 17.9 Å². The predicted octanol–water partition coefficient (Wildman–Crippen LogP) is 3.82. The minimum atomic E-state index is -0.434. The number of benzene rings is 2. The van der Waals surface area contributed by atoms with Gasteiger partial charge in [0.1, 0.15) is 12.4 Å². The van der Waals surface area contributed by atoms with E-state index in [1.54, 1.807) is 18.2 Å². The maximum atomic E-state index is 13.9. The van der Waals surface area contributed by atoms with Crippen LogP contribution in [0.5, 0.6) is 11.5 Å². The van der Waals surface area contributed by atoms with Crippen LogP contribution in [0.1, 0.15) is 11.1 Å². The van der Waals surface area contributed by atoms with Gasteiger partial charge in [-0.1, -0.05) is 29.3 Å². The first-order chi connectivity index (χ1) is 13.1. The van der Waals surface area contributed by atoms with E-state index < -0.39 is 5.82 Å². The number of hydrogen-bond donors (Lipinski definition) is 2. The molecule has 0 fully saturated rings. The molecule has 2 aromatic carbocycles. The van der Waals surface area contributed by atoms with Crippen LogP contribution in [0.4, 0.5) is 4.39 Å². The van der Waals surface area contributed by atoms with Gasteiger partial charge in [0.25, 0.3) is 0 Å². The van der Waals surface area contributed by atoms with Gasteiger partial charge in [-0.15, -0.1) is 0 Å². The summed E-state index contributed by atoms with van der Waals surface area (Å²) in [5.74, 6) is 0.453. The monoisotopic (exact) mass is 417 g/mol. The Hall–Kier alpha value is -1.57. The Labute approximate surface area is 167 Å². The summed E-state index contributed by atoms with van der Waals surface area (Å²) >= 11 is 12.3. The summed E-state index contributed by atoms with van der Waals surface area (Å²) in [6.07, 6.45) is 0. The SMILES string of the molecule is COc1cc(CNCCOCCO)c(Cl)cc1OCc1c(F)cccc1Cl. The molecule has 2 rings (SSSR count). The van der Waals surface area contributed by atoms with Crippen LogP contribution in [-0.4, -0.2) is 38.6 Å². The molecule has 0 atom stereocenters. The molecule has 0 bridgehead atoms. The van der Waals surface area contributed by atoms with Crippen LogP contribution in [0.3, 0.4) is 0 Å². The smallest absolute Gasteiger partial charge is 0.163 e. The van der Waals surface area contributed by atoms with Crippen molar-refractivity contribution in [2.24, 2.45) is 0 Å². The van der Waals surface area contributed by atoms with Crippen LogP contribution in [0, 0.1) is 5.82 Å². The third kappa shape index (κ3) is 6.52. The summed E-state index contributed by atoms with van der Waals surface area (Å²) < 4.78 is 30.1. The van der Waals surface area contributed by atoms with Crippen LogP contribution >= 0.6 is 23.2 Å². The lowest BCUT2D eigenvalue weighted by atomic mass is 10.2. The van der Waals surface area contributed by atoms with Crippen molar-refractivity contribution in [2.45, 2.75) is 13.2 Å². The molecule has 148 valence electrons. The zero-order valence-corrected chi connectivity index (χ0v) is 16.4. The molecule has 0 amide bonds. The van der Waals surface area contributed by atoms with Crippen molar-refractivity contribution in [1.82, 2.24) is 5.32 Å². The lowest BCUT2D eigenvalue weighted by Crippen LogP contribution is -2.20. The van der Waals surface area contributed by atoms with Crippen molar-refractivity contribution in [1.29, 1.82) is 0 Å². The molecule has 2 aromatic rings. The zero-order valence-electron chi connectivity index (χ0n) is 14.9. The first-order valence-corrected chi connectivity index (χ1v) is 9.13. The van der Waals surface area contributed by atoms with E-state index in [1.165, 1.54) is 19.2 Å². The van der Waals surface area contributed by atoms with Crippen molar-refractivity contribution >= 4 is 23.2 Å². The second-order valence-electron chi connectivity index (χ2n) is 5.60. The lowest BCUT2D eigenvalue weighted by Gasteiger charge is -2.15. The Morgan fingerprint density at radius 3 is 2.63 bits per heavy atom. The number of ether oxygens (including phenoxy) is 3. The van der Waals surface area contributed by atoms with E-state index in [1.807, 2.05) is 0 Å². The van der Waals surface area contributed by atoms with Gasteiger partial charge in [-0.3, -0.25) is 0 Å². The summed E-state index contributed by atoms with van der Waals surface area (Å²) in [5, 5.41) is 12.6. The first kappa shape index (κ1) is 21.7. The molecule has 0 aliphatic heterocycles. The molecular weight excluding hydrogens is 396 g/mol. The summed E-state index contributed by atoms with van der Waals surface area (Å²) in [4.78, 5) is 0. The van der Waals surface area contributed by atoms with Crippen LogP contribution in [0.2, 0.25) is 10.0 Å². The highest BCUT2D eigenvalue weighted by molar-refractivity contribution is 6.31. The van der Waals surface area contributed by atoms with E-state index in [0.29, 0.717) is 47.8 Å².